The van der Waals surface area contributed by atoms with Crippen molar-refractivity contribution in [3.05, 3.63) is 65.5 Å². The quantitative estimate of drug-likeness (QED) is 0.670. The Kier molecular flexibility index (Phi) is 5.73. The molecule has 2 aliphatic heterocycles. The minimum atomic E-state index is -3.84. The molecule has 1 unspecified atom stereocenters. The topological polar surface area (TPSA) is 100 Å². The largest absolute Gasteiger partial charge is 0.435 e. The van der Waals surface area contributed by atoms with E-state index < -0.39 is 28.6 Å². The van der Waals surface area contributed by atoms with Gasteiger partial charge in [0.15, 0.2) is 6.10 Å². The van der Waals surface area contributed by atoms with E-state index in [1.807, 2.05) is 0 Å². The number of hydrogen-bond acceptors (Lipinski definition) is 6. The summed E-state index contributed by atoms with van der Waals surface area (Å²) in [5.74, 6) is -0.594. The summed E-state index contributed by atoms with van der Waals surface area (Å²) in [5.41, 5.74) is 2.02. The van der Waals surface area contributed by atoms with Gasteiger partial charge in [0.1, 0.15) is 5.75 Å². The van der Waals surface area contributed by atoms with Gasteiger partial charge < -0.3 is 14.7 Å². The Morgan fingerprint density at radius 3 is 2.26 bits per heavy atom. The predicted molar refractivity (Wildman–Crippen MR) is 105 cm³/mol. The third-order valence-electron chi connectivity index (χ3n) is 5.23. The number of halogens is 2. The van der Waals surface area contributed by atoms with Gasteiger partial charge in [0.25, 0.3) is 5.91 Å². The number of sulfonamides is 1. The van der Waals surface area contributed by atoms with Crippen LogP contribution in [0.1, 0.15) is 11.7 Å². The Morgan fingerprint density at radius 2 is 1.71 bits per heavy atom. The second-order valence-corrected chi connectivity index (χ2v) is 9.15. The number of benzene rings is 1. The van der Waals surface area contributed by atoms with Crippen molar-refractivity contribution < 1.29 is 31.8 Å². The molecule has 1 aromatic carbocycles. The van der Waals surface area contributed by atoms with Gasteiger partial charge in [0, 0.05) is 44.1 Å². The number of nitrogens with zero attached hydrogens (tertiary/aromatic N) is 3. The first-order valence-electron chi connectivity index (χ1n) is 9.37. The van der Waals surface area contributed by atoms with E-state index in [0.717, 1.165) is 11.1 Å². The Morgan fingerprint density at radius 1 is 1.06 bits per heavy atom. The molecule has 0 fully saturated rings. The van der Waals surface area contributed by atoms with E-state index in [2.05, 4.69) is 9.72 Å². The summed E-state index contributed by atoms with van der Waals surface area (Å²) in [7, 11) is -3.84. The highest BCUT2D eigenvalue weighted by molar-refractivity contribution is 7.89. The fourth-order valence-electron chi connectivity index (χ4n) is 3.67. The number of aromatic nitrogens is 1. The van der Waals surface area contributed by atoms with Crippen LogP contribution in [0.2, 0.25) is 0 Å². The van der Waals surface area contributed by atoms with Gasteiger partial charge in [-0.2, -0.15) is 13.1 Å². The smallest absolute Gasteiger partial charge is 0.387 e. The van der Waals surface area contributed by atoms with Crippen LogP contribution in [0.15, 0.2) is 64.8 Å². The number of amides is 1. The average molecular weight is 451 g/mol. The van der Waals surface area contributed by atoms with Crippen molar-refractivity contribution in [2.75, 3.05) is 26.2 Å². The first-order valence-corrected chi connectivity index (χ1v) is 10.8. The Hall–Kier alpha value is -2.89. The summed E-state index contributed by atoms with van der Waals surface area (Å²) in [4.78, 5) is 18.0. The SMILES string of the molecule is O=C(C(O)c1cccnc1)N1CC2=C(C1)CN(S(=O)(=O)c1ccc(OC(F)F)cc1)C2. The first-order chi connectivity index (χ1) is 14.8. The minimum absolute atomic E-state index is 0.0322. The summed E-state index contributed by atoms with van der Waals surface area (Å²) in [6.45, 7) is -2.27. The van der Waals surface area contributed by atoms with E-state index >= 15 is 0 Å². The van der Waals surface area contributed by atoms with Crippen LogP contribution >= 0.6 is 0 Å². The van der Waals surface area contributed by atoms with Gasteiger partial charge in [0.2, 0.25) is 10.0 Å². The molecular formula is C20H19F2N3O5S. The zero-order valence-electron chi connectivity index (χ0n) is 16.2. The normalized spacial score (nSPS) is 17.9. The lowest BCUT2D eigenvalue weighted by Gasteiger charge is -2.24. The molecule has 1 N–H and O–H groups in total. The standard InChI is InChI=1S/C20H19F2N3O5S/c21-20(22)30-16-3-5-17(6-4-16)31(28,29)25-11-14-9-24(10-15(14)12-25)19(27)18(26)13-2-1-7-23-8-13/h1-8,18,20,26H,9-12H2. The van der Waals surface area contributed by atoms with Crippen LogP contribution in [0.4, 0.5) is 8.78 Å². The van der Waals surface area contributed by atoms with E-state index in [-0.39, 0.29) is 36.8 Å². The van der Waals surface area contributed by atoms with E-state index in [9.17, 15) is 27.1 Å². The lowest BCUT2D eigenvalue weighted by Crippen LogP contribution is -2.38. The second-order valence-electron chi connectivity index (χ2n) is 7.21. The molecular weight excluding hydrogens is 432 g/mol. The van der Waals surface area contributed by atoms with Crippen molar-refractivity contribution in [3.8, 4) is 5.75 Å². The lowest BCUT2D eigenvalue weighted by atomic mass is 10.1. The molecule has 0 aliphatic carbocycles. The van der Waals surface area contributed by atoms with Crippen LogP contribution < -0.4 is 4.74 Å². The molecule has 1 atom stereocenters. The fraction of sp³-hybridized carbons (Fsp3) is 0.300. The molecule has 0 spiro atoms. The Bertz CT molecular complexity index is 1090. The zero-order chi connectivity index (χ0) is 22.2. The first kappa shape index (κ1) is 21.3. The maximum absolute atomic E-state index is 12.9. The lowest BCUT2D eigenvalue weighted by molar-refractivity contribution is -0.139. The number of alkyl halides is 2. The molecule has 31 heavy (non-hydrogen) atoms. The summed E-state index contributed by atoms with van der Waals surface area (Å²) in [5, 5.41) is 10.3. The van der Waals surface area contributed by atoms with Gasteiger partial charge in [-0.1, -0.05) is 6.07 Å². The monoisotopic (exact) mass is 451 g/mol. The average Bonchev–Trinajstić information content (AvgIpc) is 3.33. The van der Waals surface area contributed by atoms with Crippen molar-refractivity contribution >= 4 is 15.9 Å². The van der Waals surface area contributed by atoms with Gasteiger partial charge in [0.05, 0.1) is 4.90 Å². The van der Waals surface area contributed by atoms with Crippen LogP contribution in [0.25, 0.3) is 0 Å². The van der Waals surface area contributed by atoms with Crippen LogP contribution in [0.3, 0.4) is 0 Å². The van der Waals surface area contributed by atoms with Crippen LogP contribution in [0, 0.1) is 0 Å². The molecule has 1 amide bonds. The molecule has 1 aromatic heterocycles. The molecule has 0 bridgehead atoms. The number of ether oxygens (including phenoxy) is 1. The molecule has 4 rings (SSSR count). The summed E-state index contributed by atoms with van der Waals surface area (Å²) in [6.07, 6.45) is 1.63. The highest BCUT2D eigenvalue weighted by Gasteiger charge is 2.38. The fourth-order valence-corrected chi connectivity index (χ4v) is 5.10. The molecule has 2 aliphatic rings. The number of aliphatic hydroxyl groups is 1. The Labute approximate surface area is 177 Å². The summed E-state index contributed by atoms with van der Waals surface area (Å²) in [6, 6.07) is 8.03. The van der Waals surface area contributed by atoms with E-state index in [1.54, 1.807) is 18.3 Å². The minimum Gasteiger partial charge on any atom is -0.435 e. The molecule has 0 saturated heterocycles. The van der Waals surface area contributed by atoms with Crippen LogP contribution in [-0.2, 0) is 14.8 Å². The number of carbonyl (C=O) groups excluding carboxylic acids is 1. The van der Waals surface area contributed by atoms with Crippen molar-refractivity contribution in [3.63, 3.8) is 0 Å². The molecule has 164 valence electrons. The van der Waals surface area contributed by atoms with Crippen molar-refractivity contribution in [1.82, 2.24) is 14.2 Å². The highest BCUT2D eigenvalue weighted by atomic mass is 32.2. The third-order valence-corrected chi connectivity index (χ3v) is 7.04. The van der Waals surface area contributed by atoms with Gasteiger partial charge in [-0.05, 0) is 41.5 Å². The molecule has 0 saturated carbocycles. The molecule has 2 aromatic rings. The van der Waals surface area contributed by atoms with Gasteiger partial charge >= 0.3 is 6.61 Å². The van der Waals surface area contributed by atoms with Crippen molar-refractivity contribution in [2.45, 2.75) is 17.6 Å². The predicted octanol–water partition coefficient (Wildman–Crippen LogP) is 1.56. The second kappa shape index (κ2) is 8.33. The maximum Gasteiger partial charge on any atom is 0.387 e. The van der Waals surface area contributed by atoms with Crippen LogP contribution in [-0.4, -0.2) is 66.4 Å². The highest BCUT2D eigenvalue weighted by Crippen LogP contribution is 2.31. The maximum atomic E-state index is 12.9. The number of rotatable bonds is 6. The number of pyridine rings is 1. The van der Waals surface area contributed by atoms with Gasteiger partial charge in [-0.25, -0.2) is 8.42 Å². The number of carbonyl (C=O) groups is 1. The summed E-state index contributed by atoms with van der Waals surface area (Å²) >= 11 is 0. The number of aliphatic hydroxyl groups excluding tert-OH is 1. The Balaban J connectivity index is 1.39. The van der Waals surface area contributed by atoms with Gasteiger partial charge in [-0.3, -0.25) is 9.78 Å². The summed E-state index contributed by atoms with van der Waals surface area (Å²) < 4.78 is 55.8. The third kappa shape index (κ3) is 4.29. The van der Waals surface area contributed by atoms with Crippen molar-refractivity contribution in [2.24, 2.45) is 0 Å². The van der Waals surface area contributed by atoms with E-state index in [4.69, 9.17) is 0 Å². The number of hydrogen-bond donors (Lipinski definition) is 1. The van der Waals surface area contributed by atoms with E-state index in [1.165, 1.54) is 39.7 Å². The van der Waals surface area contributed by atoms with E-state index in [0.29, 0.717) is 5.56 Å². The zero-order valence-corrected chi connectivity index (χ0v) is 17.0. The molecule has 11 heteroatoms. The molecule has 3 heterocycles. The van der Waals surface area contributed by atoms with Gasteiger partial charge in [-0.15, -0.1) is 0 Å². The molecule has 0 radical (unpaired) electrons. The van der Waals surface area contributed by atoms with Crippen LogP contribution in [0.5, 0.6) is 5.75 Å². The van der Waals surface area contributed by atoms with Crippen molar-refractivity contribution in [1.29, 1.82) is 0 Å². The molecule has 8 nitrogen and oxygen atoms in total.